The Morgan fingerprint density at radius 2 is 1.88 bits per heavy atom. The van der Waals surface area contributed by atoms with E-state index in [0.717, 1.165) is 0 Å². The van der Waals surface area contributed by atoms with Gasteiger partial charge in [0.15, 0.2) is 11.5 Å². The topological polar surface area (TPSA) is 52.5 Å². The van der Waals surface area contributed by atoms with E-state index in [9.17, 15) is 18.3 Å². The fourth-order valence-electron chi connectivity index (χ4n) is 1.41. The highest BCUT2D eigenvalue weighted by Gasteiger charge is 2.27. The van der Waals surface area contributed by atoms with E-state index in [1.165, 1.54) is 12.1 Å². The summed E-state index contributed by atoms with van der Waals surface area (Å²) in [7, 11) is 0. The van der Waals surface area contributed by atoms with E-state index in [2.05, 4.69) is 5.32 Å². The third kappa shape index (κ3) is 4.95. The number of alkyl halides is 3. The number of hydrogen-bond donors (Lipinski definition) is 3. The van der Waals surface area contributed by atoms with Crippen LogP contribution in [0, 0.1) is 0 Å². The molecule has 6 heteroatoms. The summed E-state index contributed by atoms with van der Waals surface area (Å²) in [6.45, 7) is 0.577. The van der Waals surface area contributed by atoms with Crippen LogP contribution in [0.1, 0.15) is 12.5 Å². The number of hydrogen-bond acceptors (Lipinski definition) is 3. The summed E-state index contributed by atoms with van der Waals surface area (Å²) in [5, 5.41) is 20.6. The van der Waals surface area contributed by atoms with E-state index in [4.69, 9.17) is 5.11 Å². The van der Waals surface area contributed by atoms with Crippen LogP contribution in [-0.2, 0) is 6.42 Å². The highest BCUT2D eigenvalue weighted by molar-refractivity contribution is 5.40. The van der Waals surface area contributed by atoms with Crippen molar-refractivity contribution < 1.29 is 23.4 Å². The zero-order chi connectivity index (χ0) is 13.1. The van der Waals surface area contributed by atoms with Gasteiger partial charge >= 0.3 is 6.18 Å². The lowest BCUT2D eigenvalue weighted by atomic mass is 10.1. The first kappa shape index (κ1) is 13.6. The Kier molecular flexibility index (Phi) is 4.22. The van der Waals surface area contributed by atoms with Crippen molar-refractivity contribution in [2.24, 2.45) is 0 Å². The molecule has 1 aromatic rings. The van der Waals surface area contributed by atoms with Crippen molar-refractivity contribution >= 4 is 0 Å². The van der Waals surface area contributed by atoms with Crippen LogP contribution in [0.5, 0.6) is 11.5 Å². The first-order chi connectivity index (χ1) is 7.78. The van der Waals surface area contributed by atoms with Crippen LogP contribution in [0.2, 0.25) is 0 Å². The Balaban J connectivity index is 2.50. The largest absolute Gasteiger partial charge is 0.504 e. The predicted molar refractivity (Wildman–Crippen MR) is 57.0 cm³/mol. The molecule has 0 fully saturated rings. The maximum Gasteiger partial charge on any atom is 0.401 e. The van der Waals surface area contributed by atoms with E-state index in [1.54, 1.807) is 13.0 Å². The van der Waals surface area contributed by atoms with Gasteiger partial charge < -0.3 is 15.5 Å². The third-order valence-electron chi connectivity index (χ3n) is 2.23. The van der Waals surface area contributed by atoms with Crippen molar-refractivity contribution in [1.82, 2.24) is 5.32 Å². The molecule has 0 heterocycles. The number of rotatable bonds is 4. The van der Waals surface area contributed by atoms with Crippen LogP contribution in [0.4, 0.5) is 13.2 Å². The lowest BCUT2D eigenvalue weighted by Gasteiger charge is -2.15. The molecule has 1 aromatic carbocycles. The number of benzene rings is 1. The first-order valence-electron chi connectivity index (χ1n) is 5.09. The van der Waals surface area contributed by atoms with Crippen molar-refractivity contribution in [2.45, 2.75) is 25.6 Å². The zero-order valence-corrected chi connectivity index (χ0v) is 9.25. The van der Waals surface area contributed by atoms with E-state index in [1.807, 2.05) is 0 Å². The molecule has 0 aliphatic heterocycles. The summed E-state index contributed by atoms with van der Waals surface area (Å²) in [6, 6.07) is 3.82. The molecular weight excluding hydrogens is 235 g/mol. The van der Waals surface area contributed by atoms with Crippen molar-refractivity contribution in [2.75, 3.05) is 6.54 Å². The van der Waals surface area contributed by atoms with Gasteiger partial charge in [-0.2, -0.15) is 13.2 Å². The molecule has 0 spiro atoms. The Labute approximate surface area is 96.9 Å². The predicted octanol–water partition coefficient (Wildman–Crippen LogP) is 2.18. The van der Waals surface area contributed by atoms with Crippen LogP contribution < -0.4 is 5.32 Å². The van der Waals surface area contributed by atoms with Gasteiger partial charge in [0.2, 0.25) is 0 Å². The molecule has 0 aromatic heterocycles. The average Bonchev–Trinajstić information content (AvgIpc) is 2.20. The van der Waals surface area contributed by atoms with Gasteiger partial charge in [-0.15, -0.1) is 0 Å². The van der Waals surface area contributed by atoms with E-state index in [0.29, 0.717) is 12.0 Å². The van der Waals surface area contributed by atoms with Crippen molar-refractivity contribution in [3.63, 3.8) is 0 Å². The molecule has 0 amide bonds. The highest BCUT2D eigenvalue weighted by atomic mass is 19.4. The van der Waals surface area contributed by atoms with Crippen molar-refractivity contribution in [3.05, 3.63) is 23.8 Å². The van der Waals surface area contributed by atoms with Crippen LogP contribution >= 0.6 is 0 Å². The highest BCUT2D eigenvalue weighted by Crippen LogP contribution is 2.25. The number of aromatic hydroxyl groups is 2. The summed E-state index contributed by atoms with van der Waals surface area (Å²) >= 11 is 0. The number of phenols is 2. The maximum atomic E-state index is 11.9. The molecule has 3 nitrogen and oxygen atoms in total. The van der Waals surface area contributed by atoms with E-state index < -0.39 is 12.7 Å². The smallest absolute Gasteiger partial charge is 0.401 e. The molecular formula is C11H14F3NO2. The molecule has 0 radical (unpaired) electrons. The van der Waals surface area contributed by atoms with Gasteiger partial charge in [-0.3, -0.25) is 0 Å². The second-order valence-corrected chi connectivity index (χ2v) is 3.92. The first-order valence-corrected chi connectivity index (χ1v) is 5.09. The van der Waals surface area contributed by atoms with E-state index in [-0.39, 0.29) is 17.5 Å². The van der Waals surface area contributed by atoms with Crippen LogP contribution in [0.15, 0.2) is 18.2 Å². The summed E-state index contributed by atoms with van der Waals surface area (Å²) in [5.41, 5.74) is 0.655. The average molecular weight is 249 g/mol. The Morgan fingerprint density at radius 3 is 2.41 bits per heavy atom. The van der Waals surface area contributed by atoms with Gasteiger partial charge in [0.1, 0.15) is 0 Å². The summed E-state index contributed by atoms with van der Waals surface area (Å²) in [4.78, 5) is 0. The monoisotopic (exact) mass is 249 g/mol. The fraction of sp³-hybridized carbons (Fsp3) is 0.455. The van der Waals surface area contributed by atoms with Crippen molar-refractivity contribution in [3.8, 4) is 11.5 Å². The molecule has 0 bridgehead atoms. The second-order valence-electron chi connectivity index (χ2n) is 3.92. The fourth-order valence-corrected chi connectivity index (χ4v) is 1.41. The molecule has 0 aliphatic carbocycles. The number of halogens is 3. The minimum atomic E-state index is -4.23. The molecule has 17 heavy (non-hydrogen) atoms. The molecule has 0 saturated heterocycles. The van der Waals surface area contributed by atoms with Crippen LogP contribution in [0.25, 0.3) is 0 Å². The van der Waals surface area contributed by atoms with Crippen LogP contribution in [0.3, 0.4) is 0 Å². The maximum absolute atomic E-state index is 11.9. The lowest BCUT2D eigenvalue weighted by molar-refractivity contribution is -0.126. The molecule has 3 N–H and O–H groups in total. The SMILES string of the molecule is C[C@H](Cc1ccc(O)c(O)c1)NCC(F)(F)F. The Hall–Kier alpha value is -1.43. The zero-order valence-electron chi connectivity index (χ0n) is 9.25. The second kappa shape index (κ2) is 5.27. The Morgan fingerprint density at radius 1 is 1.24 bits per heavy atom. The van der Waals surface area contributed by atoms with Gasteiger partial charge in [-0.1, -0.05) is 6.07 Å². The van der Waals surface area contributed by atoms with Crippen LogP contribution in [-0.4, -0.2) is 29.0 Å². The normalized spacial score (nSPS) is 13.6. The van der Waals surface area contributed by atoms with E-state index >= 15 is 0 Å². The molecule has 96 valence electrons. The van der Waals surface area contributed by atoms with Gasteiger partial charge in [0.25, 0.3) is 0 Å². The lowest BCUT2D eigenvalue weighted by Crippen LogP contribution is -2.36. The Bertz CT molecular complexity index is 379. The van der Waals surface area contributed by atoms with Crippen molar-refractivity contribution in [1.29, 1.82) is 0 Å². The third-order valence-corrected chi connectivity index (χ3v) is 2.23. The number of nitrogens with one attached hydrogen (secondary N) is 1. The molecule has 0 saturated carbocycles. The van der Waals surface area contributed by atoms with Gasteiger partial charge in [0, 0.05) is 6.04 Å². The van der Waals surface area contributed by atoms with Gasteiger partial charge in [-0.05, 0) is 31.0 Å². The molecule has 0 unspecified atom stereocenters. The van der Waals surface area contributed by atoms with Gasteiger partial charge in [0.05, 0.1) is 6.54 Å². The molecule has 1 rings (SSSR count). The minimum absolute atomic E-state index is 0.246. The standard InChI is InChI=1S/C11H14F3NO2/c1-7(15-6-11(12,13)14)4-8-2-3-9(16)10(17)5-8/h2-3,5,7,15-17H,4,6H2,1H3/t7-/m1/s1. The quantitative estimate of drug-likeness (QED) is 0.717. The number of phenolic OH excluding ortho intramolecular Hbond substituents is 2. The molecule has 0 aliphatic rings. The minimum Gasteiger partial charge on any atom is -0.504 e. The summed E-state index contributed by atoms with van der Waals surface area (Å²) < 4.78 is 35.8. The summed E-state index contributed by atoms with van der Waals surface area (Å²) in [6.07, 6.45) is -3.89. The van der Waals surface area contributed by atoms with Gasteiger partial charge in [-0.25, -0.2) is 0 Å². The molecule has 1 atom stereocenters. The summed E-state index contributed by atoms with van der Waals surface area (Å²) in [5.74, 6) is -0.518.